The van der Waals surface area contributed by atoms with Gasteiger partial charge in [-0.1, -0.05) is 48.0 Å². The van der Waals surface area contributed by atoms with Gasteiger partial charge in [0, 0.05) is 35.0 Å². The Kier molecular flexibility index (Phi) is 7.55. The normalized spacial score (nSPS) is 12.5. The highest BCUT2D eigenvalue weighted by Gasteiger charge is 2.10. The molecule has 0 bridgehead atoms. The fraction of sp³-hybridized carbons (Fsp3) is 0.227. The SMILES string of the molecule is Fc1ccc(C=CCSC(CCc2ccc(Cl)cc2)Cn2ccnc2)cc1. The largest absolute Gasteiger partial charge is 0.336 e. The third-order valence-corrected chi connectivity index (χ3v) is 5.74. The maximum atomic E-state index is 13.0. The Morgan fingerprint density at radius 3 is 2.59 bits per heavy atom. The van der Waals surface area contributed by atoms with Gasteiger partial charge in [-0.15, -0.1) is 0 Å². The third kappa shape index (κ3) is 6.89. The molecule has 0 aliphatic rings. The minimum atomic E-state index is -0.205. The predicted molar refractivity (Wildman–Crippen MR) is 114 cm³/mol. The van der Waals surface area contributed by atoms with Gasteiger partial charge in [-0.05, 0) is 48.2 Å². The number of imidazole rings is 1. The Labute approximate surface area is 169 Å². The molecule has 1 unspecified atom stereocenters. The van der Waals surface area contributed by atoms with Crippen LogP contribution >= 0.6 is 23.4 Å². The van der Waals surface area contributed by atoms with Crippen molar-refractivity contribution < 1.29 is 4.39 Å². The number of aryl methyl sites for hydroxylation is 1. The van der Waals surface area contributed by atoms with Crippen molar-refractivity contribution in [1.29, 1.82) is 0 Å². The Balaban J connectivity index is 1.54. The molecule has 1 atom stereocenters. The summed E-state index contributed by atoms with van der Waals surface area (Å²) in [6.07, 6.45) is 12.0. The third-order valence-electron chi connectivity index (χ3n) is 4.25. The molecule has 0 amide bonds. The lowest BCUT2D eigenvalue weighted by molar-refractivity contribution is 0.624. The van der Waals surface area contributed by atoms with Gasteiger partial charge in [0.15, 0.2) is 0 Å². The van der Waals surface area contributed by atoms with Crippen molar-refractivity contribution >= 4 is 29.4 Å². The first-order valence-corrected chi connectivity index (χ1v) is 10.4. The topological polar surface area (TPSA) is 17.8 Å². The fourth-order valence-electron chi connectivity index (χ4n) is 2.79. The van der Waals surface area contributed by atoms with Crippen LogP contribution in [0.25, 0.3) is 6.08 Å². The summed E-state index contributed by atoms with van der Waals surface area (Å²) in [5.41, 5.74) is 2.32. The smallest absolute Gasteiger partial charge is 0.123 e. The number of rotatable bonds is 9. The van der Waals surface area contributed by atoms with Crippen molar-refractivity contribution in [3.05, 3.63) is 95.3 Å². The minimum absolute atomic E-state index is 0.205. The number of nitrogens with zero attached hydrogens (tertiary/aromatic N) is 2. The molecule has 0 N–H and O–H groups in total. The monoisotopic (exact) mass is 400 g/mol. The Hall–Kier alpha value is -2.04. The molecule has 2 nitrogen and oxygen atoms in total. The summed E-state index contributed by atoms with van der Waals surface area (Å²) in [6, 6.07) is 14.6. The Morgan fingerprint density at radius 1 is 1.11 bits per heavy atom. The summed E-state index contributed by atoms with van der Waals surface area (Å²) in [7, 11) is 0. The van der Waals surface area contributed by atoms with Gasteiger partial charge < -0.3 is 4.57 Å². The molecular weight excluding hydrogens is 379 g/mol. The van der Waals surface area contributed by atoms with E-state index in [2.05, 4.69) is 27.8 Å². The molecule has 27 heavy (non-hydrogen) atoms. The average molecular weight is 401 g/mol. The molecule has 3 aromatic rings. The molecule has 3 rings (SSSR count). The Morgan fingerprint density at radius 2 is 1.89 bits per heavy atom. The summed E-state index contributed by atoms with van der Waals surface area (Å²) < 4.78 is 15.1. The van der Waals surface area contributed by atoms with E-state index in [0.29, 0.717) is 5.25 Å². The first-order chi connectivity index (χ1) is 13.2. The van der Waals surface area contributed by atoms with Gasteiger partial charge in [0.2, 0.25) is 0 Å². The number of hydrogen-bond acceptors (Lipinski definition) is 2. The number of halogens is 2. The van der Waals surface area contributed by atoms with Crippen molar-refractivity contribution in [2.24, 2.45) is 0 Å². The van der Waals surface area contributed by atoms with Crippen molar-refractivity contribution in [2.75, 3.05) is 5.75 Å². The second-order valence-electron chi connectivity index (χ2n) is 6.33. The zero-order valence-electron chi connectivity index (χ0n) is 15.0. The first-order valence-electron chi connectivity index (χ1n) is 8.93. The van der Waals surface area contributed by atoms with Crippen LogP contribution in [0.4, 0.5) is 4.39 Å². The van der Waals surface area contributed by atoms with Crippen molar-refractivity contribution in [1.82, 2.24) is 9.55 Å². The van der Waals surface area contributed by atoms with Gasteiger partial charge in [0.25, 0.3) is 0 Å². The Bertz CT molecular complexity index is 830. The van der Waals surface area contributed by atoms with Crippen molar-refractivity contribution in [3.63, 3.8) is 0 Å². The van der Waals surface area contributed by atoms with Gasteiger partial charge in [0.05, 0.1) is 6.33 Å². The fourth-order valence-corrected chi connectivity index (χ4v) is 3.95. The van der Waals surface area contributed by atoms with E-state index < -0.39 is 0 Å². The van der Waals surface area contributed by atoms with E-state index in [1.165, 1.54) is 17.7 Å². The molecule has 1 aromatic heterocycles. The summed E-state index contributed by atoms with van der Waals surface area (Å²) in [5, 5.41) is 1.25. The van der Waals surface area contributed by atoms with Crippen LogP contribution in [0, 0.1) is 5.82 Å². The number of benzene rings is 2. The molecular formula is C22H22ClFN2S. The van der Waals surface area contributed by atoms with Crippen LogP contribution in [0.1, 0.15) is 17.5 Å². The van der Waals surface area contributed by atoms with Crippen LogP contribution in [0.5, 0.6) is 0 Å². The molecule has 140 valence electrons. The van der Waals surface area contributed by atoms with Gasteiger partial charge in [0.1, 0.15) is 5.82 Å². The van der Waals surface area contributed by atoms with E-state index in [-0.39, 0.29) is 5.82 Å². The van der Waals surface area contributed by atoms with Crippen molar-refractivity contribution in [2.45, 2.75) is 24.6 Å². The van der Waals surface area contributed by atoms with E-state index >= 15 is 0 Å². The van der Waals surface area contributed by atoms with E-state index in [0.717, 1.165) is 35.7 Å². The highest BCUT2D eigenvalue weighted by molar-refractivity contribution is 8.00. The van der Waals surface area contributed by atoms with Crippen LogP contribution in [0.3, 0.4) is 0 Å². The number of aromatic nitrogens is 2. The molecule has 0 spiro atoms. The molecule has 0 radical (unpaired) electrons. The quantitative estimate of drug-likeness (QED) is 0.430. The van der Waals surface area contributed by atoms with Gasteiger partial charge in [-0.3, -0.25) is 0 Å². The molecule has 5 heteroatoms. The molecule has 0 aliphatic carbocycles. The molecule has 1 heterocycles. The van der Waals surface area contributed by atoms with Crippen LogP contribution in [0.15, 0.2) is 73.3 Å². The minimum Gasteiger partial charge on any atom is -0.336 e. The van der Waals surface area contributed by atoms with Gasteiger partial charge >= 0.3 is 0 Å². The summed E-state index contributed by atoms with van der Waals surface area (Å²) in [4.78, 5) is 4.14. The van der Waals surface area contributed by atoms with E-state index in [9.17, 15) is 4.39 Å². The average Bonchev–Trinajstić information content (AvgIpc) is 3.19. The lowest BCUT2D eigenvalue weighted by atomic mass is 10.1. The van der Waals surface area contributed by atoms with Gasteiger partial charge in [-0.2, -0.15) is 11.8 Å². The van der Waals surface area contributed by atoms with Crippen LogP contribution in [-0.4, -0.2) is 20.6 Å². The van der Waals surface area contributed by atoms with E-state index in [1.54, 1.807) is 12.1 Å². The van der Waals surface area contributed by atoms with Crippen molar-refractivity contribution in [3.8, 4) is 0 Å². The molecule has 0 aliphatic heterocycles. The van der Waals surface area contributed by atoms with Crippen LogP contribution in [0.2, 0.25) is 5.02 Å². The second kappa shape index (κ2) is 10.3. The maximum absolute atomic E-state index is 13.0. The summed E-state index contributed by atoms with van der Waals surface area (Å²) >= 11 is 7.90. The summed E-state index contributed by atoms with van der Waals surface area (Å²) in [6.45, 7) is 0.933. The zero-order chi connectivity index (χ0) is 18.9. The zero-order valence-corrected chi connectivity index (χ0v) is 16.5. The highest BCUT2D eigenvalue weighted by atomic mass is 35.5. The molecule has 0 saturated carbocycles. The standard InChI is InChI=1S/C22H22ClFN2S/c23-20-8-3-19(4-9-20)7-12-22(16-26-14-13-25-17-26)27-15-1-2-18-5-10-21(24)11-6-18/h1-6,8-11,13-14,17,22H,7,12,15-16H2. The van der Waals surface area contributed by atoms with Gasteiger partial charge in [-0.25, -0.2) is 9.37 Å². The predicted octanol–water partition coefficient (Wildman–Crippen LogP) is 6.12. The lowest BCUT2D eigenvalue weighted by Gasteiger charge is -2.16. The highest BCUT2D eigenvalue weighted by Crippen LogP contribution is 2.21. The number of thioether (sulfide) groups is 1. The molecule has 2 aromatic carbocycles. The molecule has 0 saturated heterocycles. The summed E-state index contributed by atoms with van der Waals surface area (Å²) in [5.74, 6) is 0.710. The van der Waals surface area contributed by atoms with Crippen LogP contribution < -0.4 is 0 Å². The first kappa shape index (κ1) is 19.7. The molecule has 0 fully saturated rings. The number of hydrogen-bond donors (Lipinski definition) is 0. The lowest BCUT2D eigenvalue weighted by Crippen LogP contribution is -2.13. The maximum Gasteiger partial charge on any atom is 0.123 e. The van der Waals surface area contributed by atoms with E-state index in [1.807, 2.05) is 48.7 Å². The second-order valence-corrected chi connectivity index (χ2v) is 8.10. The van der Waals surface area contributed by atoms with E-state index in [4.69, 9.17) is 11.6 Å². The van der Waals surface area contributed by atoms with Crippen LogP contribution in [-0.2, 0) is 13.0 Å².